The Morgan fingerprint density at radius 3 is 1.25 bits per heavy atom. The molecular weight excluding hydrogens is 437 g/mol. The minimum atomic E-state index is -3.67. The summed E-state index contributed by atoms with van der Waals surface area (Å²) in [5.74, 6) is 0. The summed E-state index contributed by atoms with van der Waals surface area (Å²) in [6.07, 6.45) is 30.2. The fraction of sp³-hybridized carbons (Fsp3) is 1.00. The van der Waals surface area contributed by atoms with Crippen molar-refractivity contribution in [1.29, 1.82) is 0 Å². The van der Waals surface area contributed by atoms with Gasteiger partial charge >= 0.3 is 0 Å². The monoisotopic (exact) mass is 497 g/mol. The highest BCUT2D eigenvalue weighted by molar-refractivity contribution is 7.85. The lowest BCUT2D eigenvalue weighted by molar-refractivity contribution is 0.490. The van der Waals surface area contributed by atoms with Gasteiger partial charge in [0.25, 0.3) is 10.1 Å². The van der Waals surface area contributed by atoms with E-state index in [9.17, 15) is 8.42 Å². The molecule has 198 valence electrons. The van der Waals surface area contributed by atoms with Crippen molar-refractivity contribution < 1.29 is 13.0 Å². The second-order valence-electron chi connectivity index (χ2n) is 9.36. The number of hydrogen-bond donors (Lipinski definition) is 2. The molecule has 0 fully saturated rings. The molecule has 0 aromatic heterocycles. The summed E-state index contributed by atoms with van der Waals surface area (Å²) in [5.41, 5.74) is 1.03. The molecule has 0 aromatic rings. The molecule has 0 aliphatic carbocycles. The van der Waals surface area contributed by atoms with Crippen molar-refractivity contribution in [3.63, 3.8) is 0 Å². The van der Waals surface area contributed by atoms with E-state index < -0.39 is 10.1 Å². The Morgan fingerprint density at radius 2 is 0.906 bits per heavy atom. The van der Waals surface area contributed by atoms with E-state index in [1.807, 2.05) is 0 Å². The lowest BCUT2D eigenvalue weighted by Gasteiger charge is -2.25. The van der Waals surface area contributed by atoms with E-state index in [4.69, 9.17) is 4.55 Å². The highest BCUT2D eigenvalue weighted by Crippen LogP contribution is 2.45. The van der Waals surface area contributed by atoms with Crippen molar-refractivity contribution >= 4 is 18.0 Å². The Morgan fingerprint density at radius 1 is 0.625 bits per heavy atom. The molecule has 0 saturated heterocycles. The first-order valence-corrected chi connectivity index (χ1v) is 17.1. The van der Waals surface area contributed by atoms with Crippen molar-refractivity contribution in [2.45, 2.75) is 149 Å². The van der Waals surface area contributed by atoms with Crippen LogP contribution in [0.5, 0.6) is 0 Å². The Hall–Kier alpha value is 0.300. The molecule has 4 N–H and O–H groups in total. The number of hydrogen-bond acceptors (Lipinski definition) is 3. The number of rotatable bonds is 21. The Kier molecular flexibility index (Phi) is 31.7. The molecule has 0 aromatic carbocycles. The zero-order chi connectivity index (χ0) is 23.8. The highest BCUT2D eigenvalue weighted by Gasteiger charge is 2.15. The molecule has 32 heavy (non-hydrogen) atoms. The van der Waals surface area contributed by atoms with E-state index >= 15 is 0 Å². The summed E-state index contributed by atoms with van der Waals surface area (Å²) < 4.78 is 25.9. The molecule has 0 spiro atoms. The minimum absolute atomic E-state index is 0. The van der Waals surface area contributed by atoms with Crippen LogP contribution in [0.4, 0.5) is 0 Å². The Balaban J connectivity index is -0.00000125. The van der Waals surface area contributed by atoms with Gasteiger partial charge in [-0.25, -0.2) is 0 Å². The Bertz CT molecular complexity index is 422. The average Bonchev–Trinajstić information content (AvgIpc) is 2.70. The van der Waals surface area contributed by atoms with Crippen LogP contribution in [0.2, 0.25) is 0 Å². The fourth-order valence-electron chi connectivity index (χ4n) is 3.97. The predicted molar refractivity (Wildman–Crippen MR) is 149 cm³/mol. The van der Waals surface area contributed by atoms with E-state index in [0.29, 0.717) is 14.2 Å². The summed E-state index contributed by atoms with van der Waals surface area (Å²) >= 11 is 0. The first-order valence-electron chi connectivity index (χ1n) is 13.4. The molecule has 4 nitrogen and oxygen atoms in total. The van der Waals surface area contributed by atoms with Crippen molar-refractivity contribution in [1.82, 2.24) is 6.15 Å². The van der Waals surface area contributed by atoms with Crippen LogP contribution in [-0.4, -0.2) is 37.2 Å². The van der Waals surface area contributed by atoms with Gasteiger partial charge in [-0.05, 0) is 37.2 Å². The maximum atomic E-state index is 9.19. The molecule has 0 aliphatic heterocycles. The van der Waals surface area contributed by atoms with E-state index in [1.54, 1.807) is 12.3 Å². The van der Waals surface area contributed by atoms with E-state index in [-0.39, 0.29) is 6.15 Å². The second-order valence-corrected chi connectivity index (χ2v) is 13.8. The summed E-state index contributed by atoms with van der Waals surface area (Å²) in [5, 5.41) is 0. The quantitative estimate of drug-likeness (QED) is 0.0938. The van der Waals surface area contributed by atoms with Gasteiger partial charge in [0, 0.05) is 0 Å². The van der Waals surface area contributed by atoms with Gasteiger partial charge in [-0.2, -0.15) is 8.42 Å². The van der Waals surface area contributed by atoms with Crippen LogP contribution < -0.4 is 6.15 Å². The fourth-order valence-corrected chi connectivity index (χ4v) is 6.88. The van der Waals surface area contributed by atoms with Crippen molar-refractivity contribution in [3.8, 4) is 0 Å². The van der Waals surface area contributed by atoms with Gasteiger partial charge in [0.05, 0.1) is 6.26 Å². The van der Waals surface area contributed by atoms with Crippen LogP contribution in [0.1, 0.15) is 143 Å². The molecule has 0 bridgehead atoms. The first-order chi connectivity index (χ1) is 14.8. The van der Waals surface area contributed by atoms with E-state index in [2.05, 4.69) is 27.7 Å². The van der Waals surface area contributed by atoms with Gasteiger partial charge in [-0.15, -0.1) is 7.92 Å². The zero-order valence-corrected chi connectivity index (χ0v) is 24.3. The van der Waals surface area contributed by atoms with Crippen LogP contribution in [0.25, 0.3) is 0 Å². The normalized spacial score (nSPS) is 12.2. The maximum Gasteiger partial charge on any atom is 0.261 e. The third-order valence-electron chi connectivity index (χ3n) is 5.95. The summed E-state index contributed by atoms with van der Waals surface area (Å²) in [6.45, 7) is 9.56. The lowest BCUT2D eigenvalue weighted by Crippen LogP contribution is -2.06. The molecule has 0 radical (unpaired) electrons. The van der Waals surface area contributed by atoms with Crippen molar-refractivity contribution in [3.05, 3.63) is 0 Å². The smallest absolute Gasteiger partial charge is 0.261 e. The SMILES string of the molecule is CCCCCCCCP(CCCCCCCC)C(C)CCCCCCC.CS(=O)(=O)O.N. The summed E-state index contributed by atoms with van der Waals surface area (Å²) in [4.78, 5) is 0. The van der Waals surface area contributed by atoms with Crippen LogP contribution in [0, 0.1) is 0 Å². The summed E-state index contributed by atoms with van der Waals surface area (Å²) in [6, 6.07) is 0. The first kappa shape index (κ1) is 36.9. The zero-order valence-electron chi connectivity index (χ0n) is 22.5. The second kappa shape index (κ2) is 27.5. The van der Waals surface area contributed by atoms with Crippen molar-refractivity contribution in [2.75, 3.05) is 18.6 Å². The van der Waals surface area contributed by atoms with Crippen LogP contribution in [-0.2, 0) is 10.1 Å². The van der Waals surface area contributed by atoms with E-state index in [1.165, 1.54) is 116 Å². The van der Waals surface area contributed by atoms with Gasteiger partial charge in [0.15, 0.2) is 0 Å². The molecule has 0 amide bonds. The predicted octanol–water partition coefficient (Wildman–Crippen LogP) is 9.60. The van der Waals surface area contributed by atoms with Gasteiger partial charge in [0.1, 0.15) is 0 Å². The van der Waals surface area contributed by atoms with Crippen molar-refractivity contribution in [2.24, 2.45) is 0 Å². The minimum Gasteiger partial charge on any atom is -0.344 e. The maximum absolute atomic E-state index is 9.19. The average molecular weight is 498 g/mol. The molecule has 0 rings (SSSR count). The standard InChI is InChI=1S/C25H53P.CH4O3S.H3N/c1-5-8-11-14-17-20-23-26(24-21-18-15-12-9-6-2)25(4)22-19-16-13-10-7-3;1-5(2,3)4;/h25H,5-24H2,1-4H3;1H3,(H,2,3,4);1H3. The third kappa shape index (κ3) is 34.9. The molecule has 1 atom stereocenters. The Labute approximate surface area is 204 Å². The van der Waals surface area contributed by atoms with Gasteiger partial charge in [0.2, 0.25) is 0 Å². The van der Waals surface area contributed by atoms with Gasteiger partial charge < -0.3 is 6.15 Å². The molecule has 1 unspecified atom stereocenters. The van der Waals surface area contributed by atoms with Gasteiger partial charge in [-0.3, -0.25) is 4.55 Å². The molecule has 0 saturated carbocycles. The molecule has 0 heterocycles. The highest BCUT2D eigenvalue weighted by atomic mass is 32.2. The van der Waals surface area contributed by atoms with Gasteiger partial charge in [-0.1, -0.05) is 124 Å². The van der Waals surface area contributed by atoms with Crippen LogP contribution >= 0.6 is 7.92 Å². The third-order valence-corrected chi connectivity index (χ3v) is 9.23. The summed E-state index contributed by atoms with van der Waals surface area (Å²) in [7, 11) is -3.36. The molecule has 0 aliphatic rings. The lowest BCUT2D eigenvalue weighted by atomic mass is 10.1. The number of unbranched alkanes of at least 4 members (excludes halogenated alkanes) is 14. The molecular formula is C26H60NO3PS. The van der Waals surface area contributed by atoms with E-state index in [0.717, 1.165) is 5.66 Å². The largest absolute Gasteiger partial charge is 0.344 e. The topological polar surface area (TPSA) is 89.4 Å². The van der Waals surface area contributed by atoms with Crippen LogP contribution in [0.3, 0.4) is 0 Å². The molecule has 6 heteroatoms. The van der Waals surface area contributed by atoms with Crippen LogP contribution in [0.15, 0.2) is 0 Å².